The van der Waals surface area contributed by atoms with Crippen LogP contribution in [0.15, 0.2) is 29.1 Å². The third-order valence-corrected chi connectivity index (χ3v) is 5.58. The number of H-pyrrole nitrogens is 1. The topological polar surface area (TPSA) is 105 Å². The molecule has 0 spiro atoms. The molecule has 4 N–H and O–H groups in total. The highest BCUT2D eigenvalue weighted by Gasteiger charge is 2.25. The van der Waals surface area contributed by atoms with Crippen molar-refractivity contribution >= 4 is 11.8 Å². The first-order valence-corrected chi connectivity index (χ1v) is 9.47. The SMILES string of the molecule is NC(=O)c1cc2c([nH]c1=O)CCCC2NC(=O)Cc1ccc2c(c1)CCC2. The molecule has 0 aliphatic heterocycles. The second kappa shape index (κ2) is 7.02. The molecule has 0 saturated carbocycles. The number of benzene rings is 1. The number of hydrogen-bond donors (Lipinski definition) is 3. The number of nitrogens with one attached hydrogen (secondary N) is 2. The predicted molar refractivity (Wildman–Crippen MR) is 102 cm³/mol. The zero-order valence-electron chi connectivity index (χ0n) is 15.1. The molecular weight excluding hydrogens is 342 g/mol. The molecule has 1 aromatic carbocycles. The van der Waals surface area contributed by atoms with Crippen molar-refractivity contribution in [1.29, 1.82) is 0 Å². The van der Waals surface area contributed by atoms with Crippen LogP contribution in [0.5, 0.6) is 0 Å². The van der Waals surface area contributed by atoms with E-state index in [4.69, 9.17) is 5.73 Å². The molecule has 6 nitrogen and oxygen atoms in total. The van der Waals surface area contributed by atoms with Crippen LogP contribution in [0.4, 0.5) is 0 Å². The van der Waals surface area contributed by atoms with Crippen LogP contribution in [0.2, 0.25) is 0 Å². The number of aromatic amines is 1. The van der Waals surface area contributed by atoms with E-state index in [1.54, 1.807) is 0 Å². The fraction of sp³-hybridized carbons (Fsp3) is 0.381. The lowest BCUT2D eigenvalue weighted by Gasteiger charge is -2.26. The van der Waals surface area contributed by atoms with Gasteiger partial charge in [0, 0.05) is 5.69 Å². The lowest BCUT2D eigenvalue weighted by atomic mass is 9.90. The molecule has 2 aromatic rings. The van der Waals surface area contributed by atoms with Crippen molar-refractivity contribution < 1.29 is 9.59 Å². The molecule has 0 bridgehead atoms. The van der Waals surface area contributed by atoms with E-state index in [0.717, 1.165) is 48.9 Å². The number of carbonyl (C=O) groups excluding carboxylic acids is 2. The van der Waals surface area contributed by atoms with Crippen LogP contribution >= 0.6 is 0 Å². The number of amides is 2. The smallest absolute Gasteiger partial charge is 0.261 e. The largest absolute Gasteiger partial charge is 0.365 e. The van der Waals surface area contributed by atoms with Gasteiger partial charge < -0.3 is 16.0 Å². The number of fused-ring (bicyclic) bond motifs is 2. The van der Waals surface area contributed by atoms with E-state index < -0.39 is 11.5 Å². The lowest BCUT2D eigenvalue weighted by Crippen LogP contribution is -2.34. The van der Waals surface area contributed by atoms with Gasteiger partial charge in [0.15, 0.2) is 0 Å². The van der Waals surface area contributed by atoms with E-state index in [9.17, 15) is 14.4 Å². The van der Waals surface area contributed by atoms with Gasteiger partial charge in [0.2, 0.25) is 5.91 Å². The third-order valence-electron chi connectivity index (χ3n) is 5.58. The van der Waals surface area contributed by atoms with E-state index in [2.05, 4.69) is 22.4 Å². The second-order valence-electron chi connectivity index (χ2n) is 7.46. The van der Waals surface area contributed by atoms with Crippen LogP contribution in [0.1, 0.15) is 63.6 Å². The summed E-state index contributed by atoms with van der Waals surface area (Å²) in [5, 5.41) is 3.06. The Hall–Kier alpha value is -2.89. The number of hydrogen-bond acceptors (Lipinski definition) is 3. The molecule has 27 heavy (non-hydrogen) atoms. The summed E-state index contributed by atoms with van der Waals surface area (Å²) in [4.78, 5) is 38.8. The molecule has 1 unspecified atom stereocenters. The van der Waals surface area contributed by atoms with E-state index in [-0.39, 0.29) is 17.5 Å². The maximum absolute atomic E-state index is 12.6. The maximum Gasteiger partial charge on any atom is 0.261 e. The Kier molecular flexibility index (Phi) is 4.56. The molecule has 2 aliphatic carbocycles. The minimum atomic E-state index is -0.757. The Morgan fingerprint density at radius 2 is 1.93 bits per heavy atom. The molecular formula is C21H23N3O3. The number of rotatable bonds is 4. The van der Waals surface area contributed by atoms with Crippen molar-refractivity contribution in [2.24, 2.45) is 5.73 Å². The predicted octanol–water partition coefficient (Wildman–Crippen LogP) is 1.70. The van der Waals surface area contributed by atoms with Crippen molar-refractivity contribution in [2.45, 2.75) is 51.0 Å². The number of aromatic nitrogens is 1. The van der Waals surface area contributed by atoms with Crippen molar-refractivity contribution in [3.8, 4) is 0 Å². The average molecular weight is 365 g/mol. The van der Waals surface area contributed by atoms with E-state index in [1.165, 1.54) is 23.6 Å². The average Bonchev–Trinajstić information content (AvgIpc) is 3.08. The van der Waals surface area contributed by atoms with Crippen LogP contribution in [0.3, 0.4) is 0 Å². The fourth-order valence-corrected chi connectivity index (χ4v) is 4.24. The van der Waals surface area contributed by atoms with Crippen molar-refractivity contribution in [3.05, 3.63) is 68.1 Å². The summed E-state index contributed by atoms with van der Waals surface area (Å²) >= 11 is 0. The Balaban J connectivity index is 1.52. The number of nitrogens with two attached hydrogens (primary N) is 1. The van der Waals surface area contributed by atoms with Gasteiger partial charge in [0.25, 0.3) is 11.5 Å². The van der Waals surface area contributed by atoms with E-state index in [1.807, 2.05) is 6.07 Å². The van der Waals surface area contributed by atoms with Crippen molar-refractivity contribution in [3.63, 3.8) is 0 Å². The van der Waals surface area contributed by atoms with Crippen LogP contribution in [-0.4, -0.2) is 16.8 Å². The summed E-state index contributed by atoms with van der Waals surface area (Å²) in [6.45, 7) is 0. The molecule has 2 amide bonds. The Bertz CT molecular complexity index is 977. The second-order valence-corrected chi connectivity index (χ2v) is 7.46. The fourth-order valence-electron chi connectivity index (χ4n) is 4.24. The first-order valence-electron chi connectivity index (χ1n) is 9.47. The molecule has 140 valence electrons. The molecule has 2 aliphatic rings. The molecule has 1 heterocycles. The van der Waals surface area contributed by atoms with Gasteiger partial charge in [0.1, 0.15) is 5.56 Å². The Morgan fingerprint density at radius 3 is 2.74 bits per heavy atom. The monoisotopic (exact) mass is 365 g/mol. The number of pyridine rings is 1. The molecule has 1 atom stereocenters. The summed E-state index contributed by atoms with van der Waals surface area (Å²) in [6, 6.07) is 7.62. The first-order chi connectivity index (χ1) is 13.0. The van der Waals surface area contributed by atoms with Gasteiger partial charge in [-0.15, -0.1) is 0 Å². The highest BCUT2D eigenvalue weighted by atomic mass is 16.2. The highest BCUT2D eigenvalue weighted by molar-refractivity contribution is 5.92. The summed E-state index contributed by atoms with van der Waals surface area (Å²) in [5.74, 6) is -0.814. The van der Waals surface area contributed by atoms with E-state index in [0.29, 0.717) is 6.42 Å². The van der Waals surface area contributed by atoms with Crippen molar-refractivity contribution in [1.82, 2.24) is 10.3 Å². The van der Waals surface area contributed by atoms with Gasteiger partial charge in [-0.25, -0.2) is 0 Å². The van der Waals surface area contributed by atoms with Gasteiger partial charge in [-0.2, -0.15) is 0 Å². The molecule has 0 fully saturated rings. The number of primary amides is 1. The normalized spacial score (nSPS) is 17.9. The summed E-state index contributed by atoms with van der Waals surface area (Å²) in [6.07, 6.45) is 6.08. The Morgan fingerprint density at radius 1 is 1.11 bits per heavy atom. The molecule has 1 aromatic heterocycles. The maximum atomic E-state index is 12.6. The first kappa shape index (κ1) is 17.5. The number of aryl methyl sites for hydroxylation is 3. The highest BCUT2D eigenvalue weighted by Crippen LogP contribution is 2.28. The number of carbonyl (C=O) groups is 2. The molecule has 4 rings (SSSR count). The quantitative estimate of drug-likeness (QED) is 0.768. The minimum absolute atomic E-state index is 0.0578. The van der Waals surface area contributed by atoms with Gasteiger partial charge >= 0.3 is 0 Å². The lowest BCUT2D eigenvalue weighted by molar-refractivity contribution is -0.121. The van der Waals surface area contributed by atoms with Crippen LogP contribution in [-0.2, 0) is 30.5 Å². The molecule has 0 saturated heterocycles. The van der Waals surface area contributed by atoms with Gasteiger partial charge in [-0.1, -0.05) is 18.2 Å². The summed E-state index contributed by atoms with van der Waals surface area (Å²) < 4.78 is 0. The molecule has 0 radical (unpaired) electrons. The summed E-state index contributed by atoms with van der Waals surface area (Å²) in [7, 11) is 0. The molecule has 6 heteroatoms. The van der Waals surface area contributed by atoms with Crippen molar-refractivity contribution in [2.75, 3.05) is 0 Å². The standard InChI is InChI=1S/C21H23N3O3/c22-20(26)16-11-15-17(5-2-6-18(15)24-21(16)27)23-19(25)10-12-7-8-13-3-1-4-14(13)9-12/h7-9,11,17H,1-6,10H2,(H2,22,26)(H,23,25)(H,24,27). The van der Waals surface area contributed by atoms with Crippen LogP contribution in [0.25, 0.3) is 0 Å². The third kappa shape index (κ3) is 3.52. The Labute approximate surface area is 157 Å². The van der Waals surface area contributed by atoms with Gasteiger partial charge in [-0.3, -0.25) is 14.4 Å². The summed E-state index contributed by atoms with van der Waals surface area (Å²) in [5.41, 5.74) is 10.1. The van der Waals surface area contributed by atoms with Gasteiger partial charge in [0.05, 0.1) is 12.5 Å². The zero-order valence-corrected chi connectivity index (χ0v) is 15.1. The zero-order chi connectivity index (χ0) is 19.0. The van der Waals surface area contributed by atoms with E-state index >= 15 is 0 Å². The van der Waals surface area contributed by atoms with Crippen LogP contribution in [0, 0.1) is 0 Å². The van der Waals surface area contributed by atoms with Crippen LogP contribution < -0.4 is 16.6 Å². The minimum Gasteiger partial charge on any atom is -0.365 e. The van der Waals surface area contributed by atoms with Gasteiger partial charge in [-0.05, 0) is 66.8 Å².